The maximum Gasteiger partial charge on any atom is 0.275 e. The number of anilines is 1. The first-order valence-corrected chi connectivity index (χ1v) is 5.87. The van der Waals surface area contributed by atoms with Crippen LogP contribution in [0, 0.1) is 6.92 Å². The number of nitrogens with one attached hydrogen (secondary N) is 1. The third kappa shape index (κ3) is 2.97. The molecular weight excluding hydrogens is 273 g/mol. The van der Waals surface area contributed by atoms with Crippen LogP contribution in [0.1, 0.15) is 16.1 Å². The Hall–Kier alpha value is -1.65. The smallest absolute Gasteiger partial charge is 0.275 e. The van der Waals surface area contributed by atoms with Gasteiger partial charge in [-0.3, -0.25) is 4.79 Å². The van der Waals surface area contributed by atoms with E-state index in [1.165, 1.54) is 12.4 Å². The first kappa shape index (κ1) is 12.8. The van der Waals surface area contributed by atoms with E-state index in [4.69, 9.17) is 23.2 Å². The van der Waals surface area contributed by atoms with E-state index in [2.05, 4.69) is 15.3 Å². The van der Waals surface area contributed by atoms with E-state index in [1.54, 1.807) is 12.1 Å². The normalized spacial score (nSPS) is 10.2. The molecule has 4 nitrogen and oxygen atoms in total. The number of rotatable bonds is 2. The zero-order chi connectivity index (χ0) is 13.1. The zero-order valence-electron chi connectivity index (χ0n) is 9.45. The monoisotopic (exact) mass is 281 g/mol. The first-order valence-electron chi connectivity index (χ1n) is 5.11. The second-order valence-electron chi connectivity index (χ2n) is 3.66. The summed E-state index contributed by atoms with van der Waals surface area (Å²) in [6, 6.07) is 5.36. The van der Waals surface area contributed by atoms with Gasteiger partial charge in [0.05, 0.1) is 23.1 Å². The van der Waals surface area contributed by atoms with Crippen LogP contribution in [-0.4, -0.2) is 15.9 Å². The minimum absolute atomic E-state index is 0.177. The molecule has 0 saturated heterocycles. The number of benzene rings is 1. The second kappa shape index (κ2) is 5.33. The summed E-state index contributed by atoms with van der Waals surface area (Å²) in [6.45, 7) is 1.92. The molecule has 1 aromatic heterocycles. The predicted octanol–water partition coefficient (Wildman–Crippen LogP) is 3.34. The lowest BCUT2D eigenvalue weighted by atomic mass is 10.2. The molecule has 0 atom stereocenters. The van der Waals surface area contributed by atoms with Crippen molar-refractivity contribution in [3.63, 3.8) is 0 Å². The lowest BCUT2D eigenvalue weighted by Crippen LogP contribution is -2.14. The van der Waals surface area contributed by atoms with Crippen molar-refractivity contribution in [1.82, 2.24) is 9.97 Å². The highest BCUT2D eigenvalue weighted by atomic mass is 35.5. The molecule has 0 bridgehead atoms. The molecule has 0 aliphatic heterocycles. The molecule has 92 valence electrons. The Labute approximate surface area is 114 Å². The van der Waals surface area contributed by atoms with Crippen LogP contribution >= 0.6 is 23.2 Å². The van der Waals surface area contributed by atoms with Crippen molar-refractivity contribution in [3.05, 3.63) is 52.0 Å². The molecule has 0 spiro atoms. The van der Waals surface area contributed by atoms with E-state index in [0.29, 0.717) is 10.7 Å². The molecule has 1 heterocycles. The van der Waals surface area contributed by atoms with Crippen LogP contribution in [0.5, 0.6) is 0 Å². The van der Waals surface area contributed by atoms with Gasteiger partial charge in [-0.05, 0) is 24.6 Å². The van der Waals surface area contributed by atoms with Crippen molar-refractivity contribution < 1.29 is 4.79 Å². The highest BCUT2D eigenvalue weighted by Crippen LogP contribution is 2.23. The highest BCUT2D eigenvalue weighted by molar-refractivity contribution is 6.34. The molecule has 1 aromatic carbocycles. The van der Waals surface area contributed by atoms with Gasteiger partial charge in [0.1, 0.15) is 10.8 Å². The fourth-order valence-electron chi connectivity index (χ4n) is 1.34. The summed E-state index contributed by atoms with van der Waals surface area (Å²) in [5.41, 5.74) is 1.73. The summed E-state index contributed by atoms with van der Waals surface area (Å²) >= 11 is 11.6. The minimum Gasteiger partial charge on any atom is -0.319 e. The number of amides is 1. The van der Waals surface area contributed by atoms with Gasteiger partial charge in [0.15, 0.2) is 0 Å². The van der Waals surface area contributed by atoms with Crippen LogP contribution in [0.4, 0.5) is 5.69 Å². The highest BCUT2D eigenvalue weighted by Gasteiger charge is 2.10. The molecule has 2 aromatic rings. The lowest BCUT2D eigenvalue weighted by Gasteiger charge is -2.07. The van der Waals surface area contributed by atoms with Gasteiger partial charge >= 0.3 is 0 Å². The SMILES string of the molecule is Cc1ccc(NC(=O)c2cnc(Cl)cn2)c(Cl)c1. The van der Waals surface area contributed by atoms with E-state index in [0.717, 1.165) is 5.56 Å². The number of carbonyl (C=O) groups is 1. The molecule has 6 heteroatoms. The molecule has 1 amide bonds. The van der Waals surface area contributed by atoms with E-state index in [9.17, 15) is 4.79 Å². The average Bonchev–Trinajstić information content (AvgIpc) is 2.33. The zero-order valence-corrected chi connectivity index (χ0v) is 11.0. The summed E-state index contributed by atoms with van der Waals surface area (Å²) in [4.78, 5) is 19.5. The molecule has 0 saturated carbocycles. The molecule has 18 heavy (non-hydrogen) atoms. The topological polar surface area (TPSA) is 54.9 Å². The van der Waals surface area contributed by atoms with Crippen molar-refractivity contribution in [2.24, 2.45) is 0 Å². The minimum atomic E-state index is -0.384. The molecule has 1 N–H and O–H groups in total. The Morgan fingerprint density at radius 2 is 2.00 bits per heavy atom. The van der Waals surface area contributed by atoms with Gasteiger partial charge in [-0.1, -0.05) is 29.3 Å². The number of nitrogens with zero attached hydrogens (tertiary/aromatic N) is 2. The largest absolute Gasteiger partial charge is 0.319 e. The second-order valence-corrected chi connectivity index (χ2v) is 4.46. The molecule has 0 unspecified atom stereocenters. The van der Waals surface area contributed by atoms with Crippen molar-refractivity contribution in [3.8, 4) is 0 Å². The Morgan fingerprint density at radius 1 is 1.22 bits per heavy atom. The third-order valence-corrected chi connectivity index (χ3v) is 2.73. The van der Waals surface area contributed by atoms with Crippen molar-refractivity contribution in [2.45, 2.75) is 6.92 Å². The molecule has 0 radical (unpaired) electrons. The van der Waals surface area contributed by atoms with Gasteiger partial charge in [0.25, 0.3) is 5.91 Å². The van der Waals surface area contributed by atoms with Crippen molar-refractivity contribution >= 4 is 34.8 Å². The van der Waals surface area contributed by atoms with Crippen LogP contribution in [0.25, 0.3) is 0 Å². The number of hydrogen-bond donors (Lipinski definition) is 1. The summed E-state index contributed by atoms with van der Waals surface area (Å²) in [7, 11) is 0. The maximum absolute atomic E-state index is 11.8. The van der Waals surface area contributed by atoms with Gasteiger partial charge < -0.3 is 5.32 Å². The lowest BCUT2D eigenvalue weighted by molar-refractivity contribution is 0.102. The van der Waals surface area contributed by atoms with Gasteiger partial charge in [-0.25, -0.2) is 9.97 Å². The maximum atomic E-state index is 11.8. The van der Waals surface area contributed by atoms with Gasteiger partial charge in [-0.15, -0.1) is 0 Å². The molecule has 0 aliphatic rings. The fraction of sp³-hybridized carbons (Fsp3) is 0.0833. The third-order valence-electron chi connectivity index (χ3n) is 2.23. The number of carbonyl (C=O) groups excluding carboxylic acids is 1. The van der Waals surface area contributed by atoms with Crippen LogP contribution in [-0.2, 0) is 0 Å². The number of aromatic nitrogens is 2. The van der Waals surface area contributed by atoms with Crippen LogP contribution in [0.2, 0.25) is 10.2 Å². The van der Waals surface area contributed by atoms with E-state index in [-0.39, 0.29) is 16.8 Å². The number of halogens is 2. The average molecular weight is 282 g/mol. The summed E-state index contributed by atoms with van der Waals surface area (Å²) in [6.07, 6.45) is 2.62. The van der Waals surface area contributed by atoms with E-state index >= 15 is 0 Å². The summed E-state index contributed by atoms with van der Waals surface area (Å²) < 4.78 is 0. The van der Waals surface area contributed by atoms with E-state index < -0.39 is 0 Å². The number of aryl methyl sites for hydroxylation is 1. The molecular formula is C12H9Cl2N3O. The molecule has 0 aliphatic carbocycles. The Morgan fingerprint density at radius 3 is 2.61 bits per heavy atom. The van der Waals surface area contributed by atoms with Gasteiger partial charge in [-0.2, -0.15) is 0 Å². The summed E-state index contributed by atoms with van der Waals surface area (Å²) in [5.74, 6) is -0.384. The molecule has 2 rings (SSSR count). The van der Waals surface area contributed by atoms with Crippen molar-refractivity contribution in [1.29, 1.82) is 0 Å². The van der Waals surface area contributed by atoms with Gasteiger partial charge in [0, 0.05) is 0 Å². The summed E-state index contributed by atoms with van der Waals surface area (Å²) in [5, 5.41) is 3.37. The van der Waals surface area contributed by atoms with Crippen LogP contribution in [0.15, 0.2) is 30.6 Å². The van der Waals surface area contributed by atoms with Crippen LogP contribution < -0.4 is 5.32 Å². The number of hydrogen-bond acceptors (Lipinski definition) is 3. The Balaban J connectivity index is 2.18. The van der Waals surface area contributed by atoms with Crippen molar-refractivity contribution in [2.75, 3.05) is 5.32 Å². The molecule has 0 fully saturated rings. The standard InChI is InChI=1S/C12H9Cl2N3O/c1-7-2-3-9(8(13)4-7)17-12(18)10-5-16-11(14)6-15-10/h2-6H,1H3,(H,17,18). The predicted molar refractivity (Wildman–Crippen MR) is 71.2 cm³/mol. The Bertz CT molecular complexity index is 584. The van der Waals surface area contributed by atoms with Gasteiger partial charge in [0.2, 0.25) is 0 Å². The quantitative estimate of drug-likeness (QED) is 0.919. The van der Waals surface area contributed by atoms with Crippen LogP contribution in [0.3, 0.4) is 0 Å². The first-order chi connectivity index (χ1) is 8.56. The fourth-order valence-corrected chi connectivity index (χ4v) is 1.72. The van der Waals surface area contributed by atoms with E-state index in [1.807, 2.05) is 13.0 Å². The Kier molecular flexibility index (Phi) is 3.79.